The molecule has 0 spiro atoms. The summed E-state index contributed by atoms with van der Waals surface area (Å²) in [5.74, 6) is 2.61. The lowest BCUT2D eigenvalue weighted by molar-refractivity contribution is 1.06. The van der Waals surface area contributed by atoms with Gasteiger partial charge in [0.2, 0.25) is 0 Å². The van der Waals surface area contributed by atoms with Crippen LogP contribution in [0, 0.1) is 0 Å². The van der Waals surface area contributed by atoms with Crippen LogP contribution in [-0.4, -0.2) is 16.1 Å². The van der Waals surface area contributed by atoms with E-state index in [2.05, 4.69) is 26.1 Å². The minimum atomic E-state index is 0.800. The highest BCUT2D eigenvalue weighted by Crippen LogP contribution is 1.69. The van der Waals surface area contributed by atoms with Gasteiger partial charge in [-0.2, -0.15) is 5.10 Å². The molecule has 48 valence electrons. The summed E-state index contributed by atoms with van der Waals surface area (Å²) < 4.78 is 0. The molecule has 10 heavy (non-hydrogen) atoms. The van der Waals surface area contributed by atoms with E-state index in [1.54, 1.807) is 12.4 Å². The molecule has 4 nitrogen and oxygen atoms in total. The summed E-state index contributed by atoms with van der Waals surface area (Å²) in [5.41, 5.74) is 0. The molecule has 0 atom stereocenters. The standard InChI is InChI=1S/C6H4N4/c1-2-8-5-4-9-10-6(5)3-7-1/h2-4,10H. The molecule has 1 aromatic heterocycles. The molecule has 1 aliphatic heterocycles. The number of nitrogens with zero attached hydrogens (tertiary/aromatic N) is 3. The van der Waals surface area contributed by atoms with Crippen LogP contribution in [0.25, 0.3) is 6.20 Å². The van der Waals surface area contributed by atoms with E-state index in [0.29, 0.717) is 0 Å². The average Bonchev–Trinajstić information content (AvgIpc) is 2.28. The molecule has 1 N–H and O–H groups in total. The fraction of sp³-hybridized carbons (Fsp3) is 0. The van der Waals surface area contributed by atoms with Gasteiger partial charge in [-0.1, -0.05) is 0 Å². The summed E-state index contributed by atoms with van der Waals surface area (Å²) >= 11 is 0. The van der Waals surface area contributed by atoms with E-state index < -0.39 is 0 Å². The van der Waals surface area contributed by atoms with Crippen LogP contribution in [0.15, 0.2) is 22.4 Å². The Bertz CT molecular complexity index is 371. The number of hydrogen-bond acceptors (Lipinski definition) is 3. The Morgan fingerprint density at radius 1 is 1.50 bits per heavy atom. The van der Waals surface area contributed by atoms with Crippen molar-refractivity contribution >= 4 is 12.1 Å². The summed E-state index contributed by atoms with van der Waals surface area (Å²) in [6.07, 6.45) is 4.79. The van der Waals surface area contributed by atoms with Gasteiger partial charge in [-0.15, -0.1) is 0 Å². The summed E-state index contributed by atoms with van der Waals surface area (Å²) in [5, 5.41) is 8.15. The van der Waals surface area contributed by atoms with Crippen molar-refractivity contribution in [3.05, 3.63) is 23.1 Å². The predicted molar refractivity (Wildman–Crippen MR) is 35.8 cm³/mol. The Kier molecular flexibility index (Phi) is 0.993. The van der Waals surface area contributed by atoms with Gasteiger partial charge < -0.3 is 0 Å². The predicted octanol–water partition coefficient (Wildman–Crippen LogP) is -1.04. The van der Waals surface area contributed by atoms with Gasteiger partial charge in [-0.05, 0) is 0 Å². The monoisotopic (exact) mass is 132 g/mol. The number of nitrogens with one attached hydrogen (secondary N) is 1. The van der Waals surface area contributed by atoms with E-state index in [1.165, 1.54) is 6.20 Å². The third-order valence-electron chi connectivity index (χ3n) is 1.18. The topological polar surface area (TPSA) is 53.4 Å². The molecule has 0 saturated carbocycles. The zero-order valence-corrected chi connectivity index (χ0v) is 5.07. The molecule has 0 unspecified atom stereocenters. The van der Waals surface area contributed by atoms with Crippen molar-refractivity contribution in [2.24, 2.45) is 9.98 Å². The van der Waals surface area contributed by atoms with Crippen LogP contribution >= 0.6 is 0 Å². The number of rotatable bonds is 0. The second kappa shape index (κ2) is 1.93. The van der Waals surface area contributed by atoms with Crippen LogP contribution in [0.1, 0.15) is 0 Å². The Hall–Kier alpha value is -1.67. The third kappa shape index (κ3) is 0.674. The number of H-pyrrole nitrogens is 1. The third-order valence-corrected chi connectivity index (χ3v) is 1.18. The molecule has 1 aliphatic rings. The van der Waals surface area contributed by atoms with Crippen molar-refractivity contribution < 1.29 is 0 Å². The number of aromatic amines is 1. The van der Waals surface area contributed by atoms with Gasteiger partial charge in [0.15, 0.2) is 0 Å². The highest BCUT2D eigenvalue weighted by molar-refractivity contribution is 5.56. The Morgan fingerprint density at radius 2 is 2.50 bits per heavy atom. The molecule has 0 bridgehead atoms. The Labute approximate surface area is 56.3 Å². The van der Waals surface area contributed by atoms with E-state index >= 15 is 0 Å². The average molecular weight is 132 g/mol. The van der Waals surface area contributed by atoms with Crippen molar-refractivity contribution in [1.82, 2.24) is 10.2 Å². The first kappa shape index (κ1) is 5.14. The van der Waals surface area contributed by atoms with Crippen molar-refractivity contribution in [3.63, 3.8) is 0 Å². The van der Waals surface area contributed by atoms with E-state index in [0.717, 1.165) is 10.7 Å². The molecule has 2 heterocycles. The lowest BCUT2D eigenvalue weighted by atomic mass is 10.6. The maximum absolute atomic E-state index is 3.99. The maximum atomic E-state index is 3.99. The van der Waals surface area contributed by atoms with Crippen LogP contribution in [0.5, 0.6) is 0 Å². The normalized spacial score (nSPS) is 13.2. The molecular weight excluding hydrogens is 128 g/mol. The van der Waals surface area contributed by atoms with Gasteiger partial charge in [-0.3, -0.25) is 5.10 Å². The SMILES string of the molecule is C1=CN=c2cn[nH]c2=CN=1. The Morgan fingerprint density at radius 3 is 3.50 bits per heavy atom. The van der Waals surface area contributed by atoms with Gasteiger partial charge in [0, 0.05) is 5.87 Å². The van der Waals surface area contributed by atoms with E-state index in [1.807, 2.05) is 0 Å². The quantitative estimate of drug-likeness (QED) is 0.482. The first-order valence-corrected chi connectivity index (χ1v) is 2.81. The van der Waals surface area contributed by atoms with E-state index in [-0.39, 0.29) is 0 Å². The van der Waals surface area contributed by atoms with Crippen LogP contribution in [-0.2, 0) is 0 Å². The Balaban J connectivity index is 2.94. The second-order valence-corrected chi connectivity index (χ2v) is 1.81. The smallest absolute Gasteiger partial charge is 0.110 e. The van der Waals surface area contributed by atoms with Crippen LogP contribution in [0.3, 0.4) is 0 Å². The molecule has 4 heteroatoms. The lowest BCUT2D eigenvalue weighted by Crippen LogP contribution is -2.20. The molecule has 0 radical (unpaired) electrons. The summed E-state index contributed by atoms with van der Waals surface area (Å²) in [6, 6.07) is 0. The summed E-state index contributed by atoms with van der Waals surface area (Å²) in [6.45, 7) is 0. The summed E-state index contributed by atoms with van der Waals surface area (Å²) in [7, 11) is 0. The minimum Gasteiger partial charge on any atom is -0.275 e. The minimum absolute atomic E-state index is 0.800. The molecule has 0 amide bonds. The zero-order chi connectivity index (χ0) is 6.81. The van der Waals surface area contributed by atoms with Gasteiger partial charge >= 0.3 is 0 Å². The summed E-state index contributed by atoms with van der Waals surface area (Å²) in [4.78, 5) is 7.78. The van der Waals surface area contributed by atoms with Crippen molar-refractivity contribution in [2.45, 2.75) is 0 Å². The lowest BCUT2D eigenvalue weighted by Gasteiger charge is -1.67. The molecule has 0 aliphatic carbocycles. The molecule has 1 aromatic rings. The van der Waals surface area contributed by atoms with Crippen LogP contribution < -0.4 is 10.7 Å². The largest absolute Gasteiger partial charge is 0.275 e. The number of hydrogen-bond donors (Lipinski definition) is 1. The first-order chi connectivity index (χ1) is 4.97. The van der Waals surface area contributed by atoms with Gasteiger partial charge in [-0.25, -0.2) is 9.98 Å². The number of aromatic nitrogens is 2. The van der Waals surface area contributed by atoms with Gasteiger partial charge in [0.05, 0.1) is 18.6 Å². The van der Waals surface area contributed by atoms with Crippen LogP contribution in [0.4, 0.5) is 0 Å². The van der Waals surface area contributed by atoms with Crippen LogP contribution in [0.2, 0.25) is 0 Å². The van der Waals surface area contributed by atoms with Gasteiger partial charge in [0.1, 0.15) is 10.7 Å². The fourth-order valence-corrected chi connectivity index (χ4v) is 0.721. The molecule has 0 fully saturated rings. The number of aliphatic imine (C=N–C) groups is 1. The zero-order valence-electron chi connectivity index (χ0n) is 5.07. The highest BCUT2D eigenvalue weighted by Gasteiger charge is 1.86. The van der Waals surface area contributed by atoms with E-state index in [9.17, 15) is 0 Å². The molecule has 0 saturated heterocycles. The molecule has 0 aromatic carbocycles. The fourth-order valence-electron chi connectivity index (χ4n) is 0.721. The number of fused-ring (bicyclic) bond motifs is 1. The molecular formula is C6H4N4. The highest BCUT2D eigenvalue weighted by atomic mass is 15.1. The molecule has 2 rings (SSSR count). The van der Waals surface area contributed by atoms with Gasteiger partial charge in [0.25, 0.3) is 0 Å². The van der Waals surface area contributed by atoms with Crippen molar-refractivity contribution in [2.75, 3.05) is 0 Å². The second-order valence-electron chi connectivity index (χ2n) is 1.81. The van der Waals surface area contributed by atoms with Crippen molar-refractivity contribution in [1.29, 1.82) is 0 Å². The first-order valence-electron chi connectivity index (χ1n) is 2.81. The maximum Gasteiger partial charge on any atom is 0.110 e. The van der Waals surface area contributed by atoms with Crippen molar-refractivity contribution in [3.8, 4) is 0 Å². The van der Waals surface area contributed by atoms with E-state index in [4.69, 9.17) is 0 Å².